The molecule has 110 valence electrons. The van der Waals surface area contributed by atoms with E-state index in [-0.39, 0.29) is 5.97 Å². The summed E-state index contributed by atoms with van der Waals surface area (Å²) in [7, 11) is 3.34. The summed E-state index contributed by atoms with van der Waals surface area (Å²) in [6.45, 7) is 2.10. The Bertz CT molecular complexity index is 635. The Hall–Kier alpha value is -2.29. The first-order valence-corrected chi connectivity index (χ1v) is 7.08. The predicted octanol–water partition coefficient (Wildman–Crippen LogP) is 3.81. The van der Waals surface area contributed by atoms with Crippen molar-refractivity contribution < 1.29 is 9.53 Å². The van der Waals surface area contributed by atoms with Crippen molar-refractivity contribution in [3.8, 4) is 11.1 Å². The van der Waals surface area contributed by atoms with Gasteiger partial charge in [-0.05, 0) is 47.7 Å². The second-order valence-electron chi connectivity index (χ2n) is 5.06. The minimum absolute atomic E-state index is 0.168. The molecule has 0 aromatic heterocycles. The van der Waals surface area contributed by atoms with Crippen molar-refractivity contribution in [1.29, 1.82) is 0 Å². The van der Waals surface area contributed by atoms with E-state index in [9.17, 15) is 4.79 Å². The highest BCUT2D eigenvalue weighted by Gasteiger charge is 2.06. The van der Waals surface area contributed by atoms with Crippen molar-refractivity contribution in [1.82, 2.24) is 0 Å². The molecule has 0 atom stereocenters. The normalized spacial score (nSPS) is 10.2. The number of anilines is 1. The first kappa shape index (κ1) is 15.1. The summed E-state index contributed by atoms with van der Waals surface area (Å²) in [4.78, 5) is 11.2. The Labute approximate surface area is 126 Å². The van der Waals surface area contributed by atoms with E-state index in [4.69, 9.17) is 0 Å². The fourth-order valence-electron chi connectivity index (χ4n) is 2.40. The van der Waals surface area contributed by atoms with Crippen LogP contribution in [0.2, 0.25) is 0 Å². The third-order valence-electron chi connectivity index (χ3n) is 3.60. The van der Waals surface area contributed by atoms with Gasteiger partial charge in [0.05, 0.1) is 7.11 Å². The molecule has 21 heavy (non-hydrogen) atoms. The summed E-state index contributed by atoms with van der Waals surface area (Å²) in [5, 5.41) is 3.16. The van der Waals surface area contributed by atoms with E-state index in [0.717, 1.165) is 11.3 Å². The number of esters is 1. The largest absolute Gasteiger partial charge is 0.469 e. The van der Waals surface area contributed by atoms with Crippen LogP contribution in [0.4, 0.5) is 5.69 Å². The van der Waals surface area contributed by atoms with Gasteiger partial charge in [-0.2, -0.15) is 0 Å². The van der Waals surface area contributed by atoms with Crippen molar-refractivity contribution in [3.63, 3.8) is 0 Å². The maximum atomic E-state index is 11.2. The summed E-state index contributed by atoms with van der Waals surface area (Å²) >= 11 is 0. The van der Waals surface area contributed by atoms with Crippen LogP contribution in [-0.2, 0) is 16.0 Å². The van der Waals surface area contributed by atoms with Gasteiger partial charge in [-0.3, -0.25) is 4.79 Å². The highest BCUT2D eigenvalue weighted by Crippen LogP contribution is 2.26. The van der Waals surface area contributed by atoms with Gasteiger partial charge in [-0.15, -0.1) is 0 Å². The maximum absolute atomic E-state index is 11.2. The fourth-order valence-corrected chi connectivity index (χ4v) is 2.40. The second kappa shape index (κ2) is 6.93. The Morgan fingerprint density at radius 2 is 2.00 bits per heavy atom. The van der Waals surface area contributed by atoms with Gasteiger partial charge in [0.25, 0.3) is 0 Å². The van der Waals surface area contributed by atoms with Gasteiger partial charge in [-0.25, -0.2) is 0 Å². The SMILES string of the molecule is CNc1cccc(-c2ccc(CCC(=O)OC)cc2C)c1. The highest BCUT2D eigenvalue weighted by molar-refractivity contribution is 5.72. The lowest BCUT2D eigenvalue weighted by atomic mass is 9.96. The number of hydrogen-bond acceptors (Lipinski definition) is 3. The van der Waals surface area contributed by atoms with Gasteiger partial charge < -0.3 is 10.1 Å². The molecule has 0 unspecified atom stereocenters. The molecule has 0 fully saturated rings. The van der Waals surface area contributed by atoms with Crippen molar-refractivity contribution in [2.75, 3.05) is 19.5 Å². The zero-order valence-corrected chi connectivity index (χ0v) is 12.8. The number of ether oxygens (including phenoxy) is 1. The van der Waals surface area contributed by atoms with Gasteiger partial charge in [-0.1, -0.05) is 30.3 Å². The van der Waals surface area contributed by atoms with E-state index in [1.807, 2.05) is 19.2 Å². The van der Waals surface area contributed by atoms with E-state index < -0.39 is 0 Å². The number of carbonyl (C=O) groups is 1. The Morgan fingerprint density at radius 3 is 2.67 bits per heavy atom. The topological polar surface area (TPSA) is 38.3 Å². The molecule has 0 amide bonds. The van der Waals surface area contributed by atoms with Crippen LogP contribution in [0.1, 0.15) is 17.5 Å². The maximum Gasteiger partial charge on any atom is 0.305 e. The smallest absolute Gasteiger partial charge is 0.305 e. The van der Waals surface area contributed by atoms with Crippen molar-refractivity contribution in [3.05, 3.63) is 53.6 Å². The molecule has 0 aliphatic heterocycles. The van der Waals surface area contributed by atoms with E-state index in [1.165, 1.54) is 23.8 Å². The van der Waals surface area contributed by atoms with E-state index in [2.05, 4.69) is 47.3 Å². The molecule has 2 aromatic carbocycles. The molecule has 0 bridgehead atoms. The van der Waals surface area contributed by atoms with E-state index in [1.54, 1.807) is 0 Å². The molecular formula is C18H21NO2. The molecular weight excluding hydrogens is 262 g/mol. The van der Waals surface area contributed by atoms with Crippen molar-refractivity contribution in [2.24, 2.45) is 0 Å². The number of rotatable bonds is 5. The average molecular weight is 283 g/mol. The molecule has 3 heteroatoms. The van der Waals surface area contributed by atoms with Crippen LogP contribution in [0.5, 0.6) is 0 Å². The van der Waals surface area contributed by atoms with Crippen LogP contribution in [0.3, 0.4) is 0 Å². The minimum Gasteiger partial charge on any atom is -0.469 e. The van der Waals surface area contributed by atoms with Crippen LogP contribution in [0.25, 0.3) is 11.1 Å². The molecule has 0 saturated heterocycles. The van der Waals surface area contributed by atoms with Crippen molar-refractivity contribution >= 4 is 11.7 Å². The molecule has 0 aliphatic carbocycles. The summed E-state index contributed by atoms with van der Waals surface area (Å²) < 4.78 is 4.67. The van der Waals surface area contributed by atoms with Crippen LogP contribution < -0.4 is 5.32 Å². The standard InChI is InChI=1S/C18H21NO2/c1-13-11-14(8-10-18(20)21-3)7-9-17(13)15-5-4-6-16(12-15)19-2/h4-7,9,11-12,19H,8,10H2,1-3H3. The van der Waals surface area contributed by atoms with Crippen LogP contribution in [0, 0.1) is 6.92 Å². The number of benzene rings is 2. The first-order valence-electron chi connectivity index (χ1n) is 7.08. The highest BCUT2D eigenvalue weighted by atomic mass is 16.5. The number of nitrogens with one attached hydrogen (secondary N) is 1. The van der Waals surface area contributed by atoms with E-state index in [0.29, 0.717) is 12.8 Å². The number of aryl methyl sites for hydroxylation is 2. The predicted molar refractivity (Wildman–Crippen MR) is 86.5 cm³/mol. The van der Waals surface area contributed by atoms with Gasteiger partial charge in [0, 0.05) is 19.2 Å². The third kappa shape index (κ3) is 3.85. The summed E-state index contributed by atoms with van der Waals surface area (Å²) in [6, 6.07) is 14.7. The summed E-state index contributed by atoms with van der Waals surface area (Å²) in [5.41, 5.74) is 5.88. The van der Waals surface area contributed by atoms with Crippen molar-refractivity contribution in [2.45, 2.75) is 19.8 Å². The molecule has 0 spiro atoms. The third-order valence-corrected chi connectivity index (χ3v) is 3.60. The molecule has 0 heterocycles. The average Bonchev–Trinajstić information content (AvgIpc) is 2.52. The lowest BCUT2D eigenvalue weighted by Crippen LogP contribution is -2.02. The Kier molecular flexibility index (Phi) is 4.99. The zero-order valence-electron chi connectivity index (χ0n) is 12.8. The molecule has 2 aromatic rings. The molecule has 0 radical (unpaired) electrons. The molecule has 3 nitrogen and oxygen atoms in total. The number of carbonyl (C=O) groups excluding carboxylic acids is 1. The van der Waals surface area contributed by atoms with Crippen LogP contribution in [-0.4, -0.2) is 20.1 Å². The zero-order chi connectivity index (χ0) is 15.2. The molecule has 0 aliphatic rings. The fraction of sp³-hybridized carbons (Fsp3) is 0.278. The first-order chi connectivity index (χ1) is 10.1. The lowest BCUT2D eigenvalue weighted by Gasteiger charge is -2.10. The minimum atomic E-state index is -0.168. The quantitative estimate of drug-likeness (QED) is 0.848. The Balaban J connectivity index is 2.20. The second-order valence-corrected chi connectivity index (χ2v) is 5.06. The monoisotopic (exact) mass is 283 g/mol. The molecule has 1 N–H and O–H groups in total. The molecule has 2 rings (SSSR count). The van der Waals surface area contributed by atoms with Gasteiger partial charge in [0.1, 0.15) is 0 Å². The Morgan fingerprint density at radius 1 is 1.19 bits per heavy atom. The van der Waals surface area contributed by atoms with Crippen LogP contribution >= 0.6 is 0 Å². The van der Waals surface area contributed by atoms with Crippen LogP contribution in [0.15, 0.2) is 42.5 Å². The lowest BCUT2D eigenvalue weighted by molar-refractivity contribution is -0.140. The molecule has 0 saturated carbocycles. The van der Waals surface area contributed by atoms with E-state index >= 15 is 0 Å². The van der Waals surface area contributed by atoms with Gasteiger partial charge >= 0.3 is 5.97 Å². The summed E-state index contributed by atoms with van der Waals surface area (Å²) in [5.74, 6) is -0.168. The number of hydrogen-bond donors (Lipinski definition) is 1. The van der Waals surface area contributed by atoms with Gasteiger partial charge in [0.15, 0.2) is 0 Å². The number of methoxy groups -OCH3 is 1. The van der Waals surface area contributed by atoms with Gasteiger partial charge in [0.2, 0.25) is 0 Å². The summed E-state index contributed by atoms with van der Waals surface area (Å²) in [6.07, 6.45) is 1.13.